The summed E-state index contributed by atoms with van der Waals surface area (Å²) >= 11 is 0. The zero-order valence-electron chi connectivity index (χ0n) is 21.2. The molecule has 35 heavy (non-hydrogen) atoms. The van der Waals surface area contributed by atoms with Crippen LogP contribution in [0.2, 0.25) is 0 Å². The summed E-state index contributed by atoms with van der Waals surface area (Å²) in [6, 6.07) is 6.99. The van der Waals surface area contributed by atoms with Crippen LogP contribution in [0.5, 0.6) is 0 Å². The molecular formula is C27H36N8. The van der Waals surface area contributed by atoms with Gasteiger partial charge in [-0.05, 0) is 51.8 Å². The number of aromatic nitrogens is 4. The Hall–Kier alpha value is -3.00. The average molecular weight is 473 g/mol. The molecule has 1 aliphatic carbocycles. The van der Waals surface area contributed by atoms with E-state index in [1.807, 2.05) is 18.5 Å². The zero-order chi connectivity index (χ0) is 24.0. The molecular weight excluding hydrogens is 436 g/mol. The maximum absolute atomic E-state index is 4.99. The number of aliphatic imine (C=N–C) groups is 1. The minimum atomic E-state index is 0.0555. The Balaban J connectivity index is 1.24. The molecule has 3 aromatic heterocycles. The van der Waals surface area contributed by atoms with E-state index in [0.29, 0.717) is 12.0 Å². The lowest BCUT2D eigenvalue weighted by Crippen LogP contribution is -2.48. The average Bonchev–Trinajstić information content (AvgIpc) is 3.28. The summed E-state index contributed by atoms with van der Waals surface area (Å²) in [5, 5.41) is 4.42. The number of rotatable bonds is 4. The predicted molar refractivity (Wildman–Crippen MR) is 142 cm³/mol. The molecule has 0 radical (unpaired) electrons. The first-order chi connectivity index (χ1) is 17.0. The van der Waals surface area contributed by atoms with Crippen LogP contribution in [0.25, 0.3) is 11.0 Å². The molecule has 3 aromatic rings. The summed E-state index contributed by atoms with van der Waals surface area (Å²) < 4.78 is 2.48. The number of fused-ring (bicyclic) bond motifs is 4. The van der Waals surface area contributed by atoms with Gasteiger partial charge in [0.2, 0.25) is 5.95 Å². The summed E-state index contributed by atoms with van der Waals surface area (Å²) in [5.41, 5.74) is 4.53. The van der Waals surface area contributed by atoms with Gasteiger partial charge in [-0.2, -0.15) is 4.98 Å². The molecule has 8 heteroatoms. The predicted octanol–water partition coefficient (Wildman–Crippen LogP) is 4.58. The Bertz CT molecular complexity index is 1230. The number of nitrogens with one attached hydrogen (secondary N) is 1. The Morgan fingerprint density at radius 2 is 1.77 bits per heavy atom. The summed E-state index contributed by atoms with van der Waals surface area (Å²) in [5.74, 6) is 1.36. The van der Waals surface area contributed by atoms with Crippen LogP contribution in [0.1, 0.15) is 58.6 Å². The molecule has 1 spiro atoms. The standard InChI is InChI=1S/C27H36N8/c1-19(2)33-11-13-34(14-12-33)22-7-8-24(28-17-22)31-26-29-16-21-15-23-20(3)30-18-27(9-5-4-6-10-27)35(23)25(21)32-26/h7-8,15-17,19H,4-6,9-14,18H2,1-3H3,(H,28,29,31,32). The van der Waals surface area contributed by atoms with Gasteiger partial charge in [0.15, 0.2) is 0 Å². The highest BCUT2D eigenvalue weighted by atomic mass is 15.3. The third kappa shape index (κ3) is 4.07. The van der Waals surface area contributed by atoms with E-state index < -0.39 is 0 Å². The maximum atomic E-state index is 4.99. The number of anilines is 3. The number of pyridine rings is 1. The second kappa shape index (κ2) is 8.90. The molecule has 0 unspecified atom stereocenters. The lowest BCUT2D eigenvalue weighted by Gasteiger charge is -2.41. The van der Waals surface area contributed by atoms with Crippen molar-refractivity contribution in [3.8, 4) is 0 Å². The van der Waals surface area contributed by atoms with Gasteiger partial charge in [-0.15, -0.1) is 0 Å². The number of nitrogens with zero attached hydrogens (tertiary/aromatic N) is 7. The Morgan fingerprint density at radius 3 is 2.49 bits per heavy atom. The second-order valence-electron chi connectivity index (χ2n) is 10.7. The zero-order valence-corrected chi connectivity index (χ0v) is 21.2. The molecule has 5 heterocycles. The first kappa shape index (κ1) is 22.5. The van der Waals surface area contributed by atoms with Crippen LogP contribution in [0, 0.1) is 0 Å². The smallest absolute Gasteiger partial charge is 0.230 e. The van der Waals surface area contributed by atoms with Crippen LogP contribution in [-0.4, -0.2) is 68.9 Å². The molecule has 0 atom stereocenters. The Labute approximate surface area is 207 Å². The van der Waals surface area contributed by atoms with Crippen LogP contribution in [0.4, 0.5) is 17.5 Å². The van der Waals surface area contributed by atoms with Gasteiger partial charge < -0.3 is 14.8 Å². The molecule has 0 amide bonds. The van der Waals surface area contributed by atoms with Gasteiger partial charge in [0, 0.05) is 43.8 Å². The van der Waals surface area contributed by atoms with Gasteiger partial charge in [-0.3, -0.25) is 9.89 Å². The topological polar surface area (TPSA) is 74.5 Å². The lowest BCUT2D eigenvalue weighted by atomic mass is 9.80. The quantitative estimate of drug-likeness (QED) is 0.599. The van der Waals surface area contributed by atoms with Crippen LogP contribution in [0.3, 0.4) is 0 Å². The summed E-state index contributed by atoms with van der Waals surface area (Å²) in [4.78, 5) is 24.1. The van der Waals surface area contributed by atoms with Crippen molar-refractivity contribution in [2.24, 2.45) is 4.99 Å². The molecule has 1 N–H and O–H groups in total. The second-order valence-corrected chi connectivity index (χ2v) is 10.7. The van der Waals surface area contributed by atoms with Gasteiger partial charge in [-0.25, -0.2) is 9.97 Å². The fourth-order valence-electron chi connectivity index (χ4n) is 6.06. The van der Waals surface area contributed by atoms with Crippen LogP contribution < -0.4 is 10.2 Å². The van der Waals surface area contributed by atoms with Gasteiger partial charge in [0.05, 0.1) is 35.4 Å². The summed E-state index contributed by atoms with van der Waals surface area (Å²) in [6.07, 6.45) is 10.1. The van der Waals surface area contributed by atoms with E-state index >= 15 is 0 Å². The number of hydrogen-bond donors (Lipinski definition) is 1. The Kier molecular flexibility index (Phi) is 5.71. The third-order valence-corrected chi connectivity index (χ3v) is 8.18. The van der Waals surface area contributed by atoms with E-state index in [0.717, 1.165) is 55.3 Å². The van der Waals surface area contributed by atoms with Crippen molar-refractivity contribution in [3.63, 3.8) is 0 Å². The van der Waals surface area contributed by atoms with E-state index in [1.165, 1.54) is 43.5 Å². The number of piperazine rings is 1. The van der Waals surface area contributed by atoms with Crippen molar-refractivity contribution in [2.75, 3.05) is 42.9 Å². The van der Waals surface area contributed by atoms with Crippen molar-refractivity contribution < 1.29 is 0 Å². The highest BCUT2D eigenvalue weighted by Gasteiger charge is 2.39. The van der Waals surface area contributed by atoms with Crippen molar-refractivity contribution in [3.05, 3.63) is 36.3 Å². The maximum Gasteiger partial charge on any atom is 0.230 e. The van der Waals surface area contributed by atoms with Gasteiger partial charge in [0.1, 0.15) is 11.5 Å². The summed E-state index contributed by atoms with van der Waals surface area (Å²) in [6.45, 7) is 11.8. The summed E-state index contributed by atoms with van der Waals surface area (Å²) in [7, 11) is 0. The van der Waals surface area contributed by atoms with E-state index in [4.69, 9.17) is 9.98 Å². The first-order valence-electron chi connectivity index (χ1n) is 13.1. The molecule has 0 bridgehead atoms. The SMILES string of the molecule is CC1=NCC2(CCCCC2)n2c1cc1cnc(Nc3ccc(N4CCN(C(C)C)CC4)cn3)nc12. The molecule has 2 fully saturated rings. The monoisotopic (exact) mass is 472 g/mol. The third-order valence-electron chi connectivity index (χ3n) is 8.18. The molecule has 8 nitrogen and oxygen atoms in total. The molecule has 3 aliphatic rings. The van der Waals surface area contributed by atoms with E-state index in [2.05, 4.69) is 62.6 Å². The molecule has 1 saturated heterocycles. The minimum absolute atomic E-state index is 0.0555. The highest BCUT2D eigenvalue weighted by Crippen LogP contribution is 2.41. The van der Waals surface area contributed by atoms with Gasteiger partial charge in [0.25, 0.3) is 0 Å². The van der Waals surface area contributed by atoms with Gasteiger partial charge >= 0.3 is 0 Å². The fraction of sp³-hybridized carbons (Fsp3) is 0.556. The molecule has 1 saturated carbocycles. The van der Waals surface area contributed by atoms with Crippen molar-refractivity contribution in [2.45, 2.75) is 64.5 Å². The molecule has 184 valence electrons. The molecule has 0 aromatic carbocycles. The Morgan fingerprint density at radius 1 is 0.971 bits per heavy atom. The lowest BCUT2D eigenvalue weighted by molar-refractivity contribution is 0.203. The minimum Gasteiger partial charge on any atom is -0.368 e. The molecule has 2 aliphatic heterocycles. The van der Waals surface area contributed by atoms with Crippen LogP contribution in [-0.2, 0) is 5.54 Å². The largest absolute Gasteiger partial charge is 0.368 e. The van der Waals surface area contributed by atoms with Gasteiger partial charge in [-0.1, -0.05) is 19.3 Å². The first-order valence-corrected chi connectivity index (χ1v) is 13.1. The van der Waals surface area contributed by atoms with Crippen LogP contribution >= 0.6 is 0 Å². The number of hydrogen-bond acceptors (Lipinski definition) is 7. The normalized spacial score (nSPS) is 20.3. The van der Waals surface area contributed by atoms with Crippen molar-refractivity contribution in [1.29, 1.82) is 0 Å². The molecule has 6 rings (SSSR count). The van der Waals surface area contributed by atoms with E-state index in [9.17, 15) is 0 Å². The fourth-order valence-corrected chi connectivity index (χ4v) is 6.06. The van der Waals surface area contributed by atoms with Crippen molar-refractivity contribution in [1.82, 2.24) is 24.4 Å². The van der Waals surface area contributed by atoms with Crippen LogP contribution in [0.15, 0.2) is 35.6 Å². The highest BCUT2D eigenvalue weighted by molar-refractivity contribution is 6.02. The van der Waals surface area contributed by atoms with E-state index in [-0.39, 0.29) is 5.54 Å². The van der Waals surface area contributed by atoms with Crippen molar-refractivity contribution >= 4 is 34.2 Å². The van der Waals surface area contributed by atoms with E-state index in [1.54, 1.807) is 0 Å².